The summed E-state index contributed by atoms with van der Waals surface area (Å²) in [4.78, 5) is 27.9. The topological polar surface area (TPSA) is 73.1 Å². The summed E-state index contributed by atoms with van der Waals surface area (Å²) in [5.41, 5.74) is 2.24. The Morgan fingerprint density at radius 1 is 1.21 bits per heavy atom. The first-order valence-electron chi connectivity index (χ1n) is 9.40. The van der Waals surface area contributed by atoms with Crippen LogP contribution in [0.5, 0.6) is 0 Å². The fourth-order valence-electron chi connectivity index (χ4n) is 3.59. The van der Waals surface area contributed by atoms with Gasteiger partial charge in [-0.15, -0.1) is 0 Å². The van der Waals surface area contributed by atoms with Crippen LogP contribution in [0, 0.1) is 0 Å². The van der Waals surface area contributed by atoms with E-state index in [1.54, 1.807) is 30.0 Å². The van der Waals surface area contributed by atoms with Crippen molar-refractivity contribution in [2.24, 2.45) is 0 Å². The molecule has 3 aromatic rings. The van der Waals surface area contributed by atoms with Crippen molar-refractivity contribution in [3.05, 3.63) is 70.9 Å². The summed E-state index contributed by atoms with van der Waals surface area (Å²) in [6, 6.07) is 13.7. The Morgan fingerprint density at radius 3 is 2.75 bits per heavy atom. The molecule has 7 heteroatoms. The fraction of sp³-hybridized carbons (Fsp3) is 0.333. The molecule has 144 valence electrons. The van der Waals surface area contributed by atoms with E-state index in [2.05, 4.69) is 33.9 Å². The Morgan fingerprint density at radius 2 is 2.04 bits per heavy atom. The average Bonchev–Trinajstić information content (AvgIpc) is 2.74. The number of rotatable bonds is 5. The zero-order chi connectivity index (χ0) is 19.5. The molecule has 0 fully saturated rings. The standard InChI is InChI=1S/C21H23N5O2/c1-15-9-11-25-20(27)12-18(17-8-10-22-14-23-17)24-21(25)26(15)13-19(28-2)16-6-4-3-5-7-16/h3-8,10,12,14-15,19H,9,11,13H2,1-2H3. The van der Waals surface area contributed by atoms with Gasteiger partial charge in [0.1, 0.15) is 6.33 Å². The monoisotopic (exact) mass is 377 g/mol. The highest BCUT2D eigenvalue weighted by molar-refractivity contribution is 5.55. The van der Waals surface area contributed by atoms with Gasteiger partial charge in [-0.25, -0.2) is 15.0 Å². The second-order valence-electron chi connectivity index (χ2n) is 6.95. The second-order valence-corrected chi connectivity index (χ2v) is 6.95. The van der Waals surface area contributed by atoms with Crippen LogP contribution < -0.4 is 10.5 Å². The molecule has 0 saturated carbocycles. The van der Waals surface area contributed by atoms with E-state index in [4.69, 9.17) is 9.72 Å². The van der Waals surface area contributed by atoms with Gasteiger partial charge in [0.2, 0.25) is 5.95 Å². The highest BCUT2D eigenvalue weighted by Gasteiger charge is 2.28. The summed E-state index contributed by atoms with van der Waals surface area (Å²) >= 11 is 0. The molecule has 1 aliphatic heterocycles. The van der Waals surface area contributed by atoms with Crippen LogP contribution in [0.4, 0.5) is 5.95 Å². The average molecular weight is 377 g/mol. The van der Waals surface area contributed by atoms with Crippen molar-refractivity contribution in [2.45, 2.75) is 32.0 Å². The fourth-order valence-corrected chi connectivity index (χ4v) is 3.59. The molecule has 1 aliphatic rings. The molecule has 28 heavy (non-hydrogen) atoms. The lowest BCUT2D eigenvalue weighted by Gasteiger charge is -2.38. The number of fused-ring (bicyclic) bond motifs is 1. The zero-order valence-electron chi connectivity index (χ0n) is 16.0. The molecular weight excluding hydrogens is 354 g/mol. The maximum atomic E-state index is 12.8. The molecule has 7 nitrogen and oxygen atoms in total. The first-order chi connectivity index (χ1) is 13.7. The Kier molecular flexibility index (Phi) is 5.16. The van der Waals surface area contributed by atoms with Crippen molar-refractivity contribution in [1.82, 2.24) is 19.5 Å². The molecule has 0 spiro atoms. The van der Waals surface area contributed by atoms with Gasteiger partial charge in [-0.3, -0.25) is 9.36 Å². The molecule has 2 unspecified atom stereocenters. The lowest BCUT2D eigenvalue weighted by molar-refractivity contribution is 0.105. The predicted molar refractivity (Wildman–Crippen MR) is 107 cm³/mol. The molecule has 4 rings (SSSR count). The van der Waals surface area contributed by atoms with E-state index >= 15 is 0 Å². The Hall–Kier alpha value is -3.06. The number of benzene rings is 1. The molecule has 0 bridgehead atoms. The van der Waals surface area contributed by atoms with Crippen molar-refractivity contribution in [1.29, 1.82) is 0 Å². The molecule has 0 N–H and O–H groups in total. The third-order valence-electron chi connectivity index (χ3n) is 5.21. The summed E-state index contributed by atoms with van der Waals surface area (Å²) in [7, 11) is 1.71. The van der Waals surface area contributed by atoms with Crippen LogP contribution in [0.15, 0.2) is 59.8 Å². The summed E-state index contributed by atoms with van der Waals surface area (Å²) in [6.07, 6.45) is 3.88. The first kappa shape index (κ1) is 18.3. The van der Waals surface area contributed by atoms with Crippen LogP contribution in [0.2, 0.25) is 0 Å². The maximum Gasteiger partial charge on any atom is 0.255 e. The van der Waals surface area contributed by atoms with E-state index in [0.717, 1.165) is 12.0 Å². The van der Waals surface area contributed by atoms with E-state index in [1.807, 2.05) is 18.2 Å². The van der Waals surface area contributed by atoms with Gasteiger partial charge >= 0.3 is 0 Å². The molecule has 0 aliphatic carbocycles. The Balaban J connectivity index is 1.74. The minimum Gasteiger partial charge on any atom is -0.375 e. The largest absolute Gasteiger partial charge is 0.375 e. The molecule has 2 atom stereocenters. The summed E-state index contributed by atoms with van der Waals surface area (Å²) in [5, 5.41) is 0. The van der Waals surface area contributed by atoms with Crippen LogP contribution in [0.25, 0.3) is 11.4 Å². The summed E-state index contributed by atoms with van der Waals surface area (Å²) < 4.78 is 7.51. The van der Waals surface area contributed by atoms with Crippen LogP contribution in [0.1, 0.15) is 25.0 Å². The van der Waals surface area contributed by atoms with Gasteiger partial charge in [0.05, 0.1) is 24.0 Å². The van der Waals surface area contributed by atoms with Crippen molar-refractivity contribution in [3.8, 4) is 11.4 Å². The summed E-state index contributed by atoms with van der Waals surface area (Å²) in [6.45, 7) is 3.43. The highest BCUT2D eigenvalue weighted by atomic mass is 16.5. The maximum absolute atomic E-state index is 12.8. The van der Waals surface area contributed by atoms with Gasteiger partial charge in [-0.05, 0) is 25.0 Å². The number of ether oxygens (including phenoxy) is 1. The second kappa shape index (κ2) is 7.90. The van der Waals surface area contributed by atoms with E-state index in [0.29, 0.717) is 30.4 Å². The normalized spacial score (nSPS) is 17.2. The van der Waals surface area contributed by atoms with Gasteiger partial charge in [0.25, 0.3) is 5.56 Å². The van der Waals surface area contributed by atoms with Gasteiger partial charge in [-0.1, -0.05) is 30.3 Å². The number of nitrogens with zero attached hydrogens (tertiary/aromatic N) is 5. The van der Waals surface area contributed by atoms with Crippen LogP contribution >= 0.6 is 0 Å². The van der Waals surface area contributed by atoms with Crippen molar-refractivity contribution in [2.75, 3.05) is 18.6 Å². The summed E-state index contributed by atoms with van der Waals surface area (Å²) in [5.74, 6) is 0.665. The van der Waals surface area contributed by atoms with Crippen molar-refractivity contribution in [3.63, 3.8) is 0 Å². The molecule has 0 saturated heterocycles. The minimum absolute atomic E-state index is 0.0656. The molecule has 0 radical (unpaired) electrons. The van der Waals surface area contributed by atoms with Gasteiger partial charge < -0.3 is 9.64 Å². The van der Waals surface area contributed by atoms with E-state index in [-0.39, 0.29) is 17.7 Å². The SMILES string of the molecule is COC(CN1c2nc(-c3ccncn3)cc(=O)n2CCC1C)c1ccccc1. The van der Waals surface area contributed by atoms with Crippen LogP contribution in [-0.2, 0) is 11.3 Å². The van der Waals surface area contributed by atoms with E-state index in [1.165, 1.54) is 6.33 Å². The van der Waals surface area contributed by atoms with Crippen LogP contribution in [-0.4, -0.2) is 39.2 Å². The van der Waals surface area contributed by atoms with Gasteiger partial charge in [-0.2, -0.15) is 0 Å². The zero-order valence-corrected chi connectivity index (χ0v) is 16.0. The highest BCUT2D eigenvalue weighted by Crippen LogP contribution is 2.28. The lowest BCUT2D eigenvalue weighted by Crippen LogP contribution is -2.46. The number of aromatic nitrogens is 4. The van der Waals surface area contributed by atoms with E-state index < -0.39 is 0 Å². The smallest absolute Gasteiger partial charge is 0.255 e. The Bertz CT molecular complexity index is 991. The number of anilines is 1. The molecule has 1 aromatic carbocycles. The number of methoxy groups -OCH3 is 1. The van der Waals surface area contributed by atoms with E-state index in [9.17, 15) is 4.79 Å². The predicted octanol–water partition coefficient (Wildman–Crippen LogP) is 2.69. The third-order valence-corrected chi connectivity index (χ3v) is 5.21. The molecule has 2 aromatic heterocycles. The first-order valence-corrected chi connectivity index (χ1v) is 9.40. The molecule has 0 amide bonds. The van der Waals surface area contributed by atoms with Crippen molar-refractivity contribution < 1.29 is 4.74 Å². The van der Waals surface area contributed by atoms with Crippen LogP contribution in [0.3, 0.4) is 0 Å². The minimum atomic E-state index is -0.116. The van der Waals surface area contributed by atoms with Gasteiger partial charge in [0.15, 0.2) is 0 Å². The quantitative estimate of drug-likeness (QED) is 0.681. The molecule has 3 heterocycles. The lowest BCUT2D eigenvalue weighted by atomic mass is 10.1. The number of hydrogen-bond donors (Lipinski definition) is 0. The van der Waals surface area contributed by atoms with Gasteiger partial charge in [0, 0.05) is 32.0 Å². The third kappa shape index (κ3) is 3.53. The molecular formula is C21H23N5O2. The Labute approximate surface area is 163 Å². The number of hydrogen-bond acceptors (Lipinski definition) is 6. The van der Waals surface area contributed by atoms with Crippen molar-refractivity contribution >= 4 is 5.95 Å².